The number of hydrogen-bond donors (Lipinski definition) is 2. The van der Waals surface area contributed by atoms with Gasteiger partial charge in [-0.15, -0.1) is 0 Å². The van der Waals surface area contributed by atoms with E-state index in [0.29, 0.717) is 23.7 Å². The molecular formula is C12H14ClFN2O. The van der Waals surface area contributed by atoms with E-state index in [0.717, 1.165) is 0 Å². The first-order valence-corrected chi connectivity index (χ1v) is 5.89. The molecule has 1 aliphatic rings. The lowest BCUT2D eigenvalue weighted by atomic mass is 9.86. The summed E-state index contributed by atoms with van der Waals surface area (Å²) in [6.07, 6.45) is 0. The zero-order chi connectivity index (χ0) is 12.4. The lowest BCUT2D eigenvalue weighted by Crippen LogP contribution is -2.28. The van der Waals surface area contributed by atoms with Gasteiger partial charge in [-0.3, -0.25) is 4.79 Å². The highest BCUT2D eigenvalue weighted by Gasteiger charge is 2.34. The average Bonchev–Trinajstić information content (AvgIpc) is 2.77. The molecule has 0 saturated carbocycles. The third-order valence-corrected chi connectivity index (χ3v) is 3.43. The number of ketones is 1. The van der Waals surface area contributed by atoms with Crippen LogP contribution in [0.4, 0.5) is 4.39 Å². The van der Waals surface area contributed by atoms with Gasteiger partial charge in [0.25, 0.3) is 0 Å². The minimum absolute atomic E-state index is 0.00193. The Balaban J connectivity index is 2.29. The number of carbonyl (C=O) groups excluding carboxylic acids is 1. The number of carbonyl (C=O) groups is 1. The van der Waals surface area contributed by atoms with Gasteiger partial charge in [0.2, 0.25) is 0 Å². The Bertz CT molecular complexity index is 439. The van der Waals surface area contributed by atoms with Crippen LogP contribution in [0.15, 0.2) is 18.2 Å². The Kier molecular flexibility index (Phi) is 3.76. The second-order valence-electron chi connectivity index (χ2n) is 4.21. The first-order chi connectivity index (χ1) is 8.13. The molecule has 0 spiro atoms. The molecule has 5 heteroatoms. The van der Waals surface area contributed by atoms with Crippen molar-refractivity contribution in [3.05, 3.63) is 34.6 Å². The summed E-state index contributed by atoms with van der Waals surface area (Å²) in [4.78, 5) is 11.7. The molecule has 1 aliphatic heterocycles. The number of Topliss-reactive ketones (excluding diaryl/α,β-unsaturated/α-hetero) is 1. The molecule has 0 aliphatic carbocycles. The Labute approximate surface area is 104 Å². The average molecular weight is 257 g/mol. The predicted octanol–water partition coefficient (Wildman–Crippen LogP) is 1.31. The van der Waals surface area contributed by atoms with Crippen LogP contribution in [0, 0.1) is 11.7 Å². The van der Waals surface area contributed by atoms with E-state index < -0.39 is 0 Å². The van der Waals surface area contributed by atoms with Crippen molar-refractivity contribution in [3.8, 4) is 0 Å². The number of benzene rings is 1. The van der Waals surface area contributed by atoms with Gasteiger partial charge in [0.15, 0.2) is 5.78 Å². The SMILES string of the molecule is NCC(=O)[C@@H]1CNC[C@H]1c1ccc(Cl)cc1F. The van der Waals surface area contributed by atoms with Crippen LogP contribution in [0.3, 0.4) is 0 Å². The van der Waals surface area contributed by atoms with Gasteiger partial charge in [-0.25, -0.2) is 4.39 Å². The molecule has 2 rings (SSSR count). The van der Waals surface area contributed by atoms with E-state index in [1.165, 1.54) is 6.07 Å². The van der Waals surface area contributed by atoms with Gasteiger partial charge in [-0.05, 0) is 17.7 Å². The number of halogens is 2. The van der Waals surface area contributed by atoms with Crippen molar-refractivity contribution in [1.82, 2.24) is 5.32 Å². The molecule has 1 aromatic rings. The molecule has 0 bridgehead atoms. The van der Waals surface area contributed by atoms with Crippen LogP contribution in [0.1, 0.15) is 11.5 Å². The molecule has 17 heavy (non-hydrogen) atoms. The maximum Gasteiger partial charge on any atom is 0.151 e. The number of nitrogens with one attached hydrogen (secondary N) is 1. The zero-order valence-corrected chi connectivity index (χ0v) is 10.0. The van der Waals surface area contributed by atoms with Crippen LogP contribution in [0.2, 0.25) is 5.02 Å². The van der Waals surface area contributed by atoms with Crippen molar-refractivity contribution in [3.63, 3.8) is 0 Å². The number of hydrogen-bond acceptors (Lipinski definition) is 3. The molecule has 2 atom stereocenters. The van der Waals surface area contributed by atoms with Crippen molar-refractivity contribution in [1.29, 1.82) is 0 Å². The van der Waals surface area contributed by atoms with Gasteiger partial charge in [0.05, 0.1) is 6.54 Å². The second kappa shape index (κ2) is 5.12. The largest absolute Gasteiger partial charge is 0.324 e. The molecular weight excluding hydrogens is 243 g/mol. The van der Waals surface area contributed by atoms with E-state index in [1.807, 2.05) is 0 Å². The fourth-order valence-electron chi connectivity index (χ4n) is 2.30. The normalized spacial score (nSPS) is 23.9. The smallest absolute Gasteiger partial charge is 0.151 e. The quantitative estimate of drug-likeness (QED) is 0.857. The van der Waals surface area contributed by atoms with Crippen molar-refractivity contribution in [2.24, 2.45) is 11.7 Å². The molecule has 0 amide bonds. The van der Waals surface area contributed by atoms with E-state index >= 15 is 0 Å². The van der Waals surface area contributed by atoms with Crippen LogP contribution in [0.5, 0.6) is 0 Å². The zero-order valence-electron chi connectivity index (χ0n) is 9.25. The Morgan fingerprint density at radius 3 is 2.94 bits per heavy atom. The summed E-state index contributed by atoms with van der Waals surface area (Å²) in [5, 5.41) is 3.46. The molecule has 1 fully saturated rings. The van der Waals surface area contributed by atoms with Crippen LogP contribution in [-0.2, 0) is 4.79 Å². The van der Waals surface area contributed by atoms with Gasteiger partial charge in [-0.1, -0.05) is 17.7 Å². The topological polar surface area (TPSA) is 55.1 Å². The van der Waals surface area contributed by atoms with E-state index in [2.05, 4.69) is 5.32 Å². The lowest BCUT2D eigenvalue weighted by molar-refractivity contribution is -0.121. The van der Waals surface area contributed by atoms with Gasteiger partial charge >= 0.3 is 0 Å². The lowest BCUT2D eigenvalue weighted by Gasteiger charge is -2.17. The first-order valence-electron chi connectivity index (χ1n) is 5.52. The summed E-state index contributed by atoms with van der Waals surface area (Å²) in [6.45, 7) is 1.15. The van der Waals surface area contributed by atoms with Gasteiger partial charge in [0, 0.05) is 29.9 Å². The molecule has 92 valence electrons. The minimum Gasteiger partial charge on any atom is -0.324 e. The Morgan fingerprint density at radius 2 is 2.29 bits per heavy atom. The van der Waals surface area contributed by atoms with E-state index in [-0.39, 0.29) is 30.0 Å². The summed E-state index contributed by atoms with van der Waals surface area (Å²) >= 11 is 5.71. The van der Waals surface area contributed by atoms with Crippen LogP contribution >= 0.6 is 11.6 Å². The third-order valence-electron chi connectivity index (χ3n) is 3.19. The fraction of sp³-hybridized carbons (Fsp3) is 0.417. The standard InChI is InChI=1S/C12H14ClFN2O/c13-7-1-2-8(11(14)3-7)9-5-16-6-10(9)12(17)4-15/h1-3,9-10,16H,4-6,15H2/t9-,10+/m0/s1. The molecule has 1 heterocycles. The highest BCUT2D eigenvalue weighted by atomic mass is 35.5. The Morgan fingerprint density at radius 1 is 1.53 bits per heavy atom. The van der Waals surface area contributed by atoms with Gasteiger partial charge in [0.1, 0.15) is 5.82 Å². The van der Waals surface area contributed by atoms with Crippen molar-refractivity contribution in [2.75, 3.05) is 19.6 Å². The van der Waals surface area contributed by atoms with Crippen LogP contribution < -0.4 is 11.1 Å². The second-order valence-corrected chi connectivity index (χ2v) is 4.64. The molecule has 3 N–H and O–H groups in total. The summed E-state index contributed by atoms with van der Waals surface area (Å²) in [7, 11) is 0. The van der Waals surface area contributed by atoms with Crippen molar-refractivity contribution >= 4 is 17.4 Å². The van der Waals surface area contributed by atoms with Crippen LogP contribution in [-0.4, -0.2) is 25.4 Å². The molecule has 0 radical (unpaired) electrons. The maximum atomic E-state index is 13.8. The fourth-order valence-corrected chi connectivity index (χ4v) is 2.46. The molecule has 0 unspecified atom stereocenters. The first kappa shape index (κ1) is 12.5. The minimum atomic E-state index is -0.360. The highest BCUT2D eigenvalue weighted by molar-refractivity contribution is 6.30. The maximum absolute atomic E-state index is 13.8. The van der Waals surface area contributed by atoms with Gasteiger partial charge in [-0.2, -0.15) is 0 Å². The molecule has 1 saturated heterocycles. The predicted molar refractivity (Wildman–Crippen MR) is 64.6 cm³/mol. The number of nitrogens with two attached hydrogens (primary N) is 1. The summed E-state index contributed by atoms with van der Waals surface area (Å²) in [5.74, 6) is -0.783. The van der Waals surface area contributed by atoms with E-state index in [9.17, 15) is 9.18 Å². The monoisotopic (exact) mass is 256 g/mol. The summed E-state index contributed by atoms with van der Waals surface area (Å²) < 4.78 is 13.8. The Hall–Kier alpha value is -0.970. The summed E-state index contributed by atoms with van der Waals surface area (Å²) in [5.41, 5.74) is 5.90. The van der Waals surface area contributed by atoms with Gasteiger partial charge < -0.3 is 11.1 Å². The third kappa shape index (κ3) is 2.49. The van der Waals surface area contributed by atoms with Crippen LogP contribution in [0.25, 0.3) is 0 Å². The van der Waals surface area contributed by atoms with Crippen molar-refractivity contribution in [2.45, 2.75) is 5.92 Å². The van der Waals surface area contributed by atoms with Crippen molar-refractivity contribution < 1.29 is 9.18 Å². The molecule has 0 aromatic heterocycles. The number of rotatable bonds is 3. The summed E-state index contributed by atoms with van der Waals surface area (Å²) in [6, 6.07) is 4.56. The molecule has 3 nitrogen and oxygen atoms in total. The highest BCUT2D eigenvalue weighted by Crippen LogP contribution is 2.31. The molecule has 1 aromatic carbocycles. The van der Waals surface area contributed by atoms with E-state index in [4.69, 9.17) is 17.3 Å². The van der Waals surface area contributed by atoms with E-state index in [1.54, 1.807) is 12.1 Å².